The van der Waals surface area contributed by atoms with Crippen LogP contribution >= 0.6 is 0 Å². The Morgan fingerprint density at radius 2 is 2.19 bits per heavy atom. The molecule has 0 atom stereocenters. The predicted octanol–water partition coefficient (Wildman–Crippen LogP) is 0.728. The second-order valence-corrected chi connectivity index (χ2v) is 3.69. The fourth-order valence-corrected chi connectivity index (χ4v) is 1.46. The summed E-state index contributed by atoms with van der Waals surface area (Å²) in [7, 11) is 4.95. The average molecular weight is 226 g/mol. The first-order chi connectivity index (χ1) is 7.52. The smallest absolute Gasteiger partial charge is 0.345 e. The van der Waals surface area contributed by atoms with E-state index in [1.54, 1.807) is 9.58 Å². The zero-order valence-corrected chi connectivity index (χ0v) is 10.1. The lowest BCUT2D eigenvalue weighted by Gasteiger charge is -2.09. The summed E-state index contributed by atoms with van der Waals surface area (Å²) in [6.45, 7) is 2.71. The molecule has 0 radical (unpaired) electrons. The van der Waals surface area contributed by atoms with E-state index in [-0.39, 0.29) is 0 Å². The van der Waals surface area contributed by atoms with Gasteiger partial charge < -0.3 is 15.4 Å². The maximum absolute atomic E-state index is 11.6. The molecule has 0 aromatic carbocycles. The van der Waals surface area contributed by atoms with Crippen molar-refractivity contribution < 1.29 is 9.53 Å². The van der Waals surface area contributed by atoms with Gasteiger partial charge in [0.2, 0.25) is 0 Å². The Bertz CT molecular complexity index is 384. The Morgan fingerprint density at radius 1 is 1.56 bits per heavy atom. The molecule has 1 heterocycles. The fraction of sp³-hybridized carbons (Fsp3) is 0.600. The Kier molecular flexibility index (Phi) is 3.76. The number of rotatable bonds is 4. The highest BCUT2D eigenvalue weighted by Crippen LogP contribution is 2.24. The van der Waals surface area contributed by atoms with Gasteiger partial charge in [-0.25, -0.2) is 9.48 Å². The summed E-state index contributed by atoms with van der Waals surface area (Å²) >= 11 is 0. The summed E-state index contributed by atoms with van der Waals surface area (Å²) in [6.07, 6.45) is 0.902. The van der Waals surface area contributed by atoms with Crippen LogP contribution in [0.25, 0.3) is 0 Å². The highest BCUT2D eigenvalue weighted by molar-refractivity contribution is 5.99. The van der Waals surface area contributed by atoms with E-state index in [4.69, 9.17) is 10.5 Å². The number of nitrogens with zero attached hydrogens (tertiary/aromatic N) is 3. The fourth-order valence-electron chi connectivity index (χ4n) is 1.46. The standard InChI is InChI=1S/C10H18N4O2/c1-5-6-14-8(11)7(10(15)16-4)9(12-14)13(2)3/h5-6,11H2,1-4H3. The number of carbonyl (C=O) groups excluding carboxylic acids is 1. The molecule has 0 unspecified atom stereocenters. The summed E-state index contributed by atoms with van der Waals surface area (Å²) in [5.74, 6) is 0.443. The van der Waals surface area contributed by atoms with Crippen molar-refractivity contribution in [2.45, 2.75) is 19.9 Å². The Labute approximate surface area is 95.0 Å². The molecule has 0 bridgehead atoms. The number of aromatic nitrogens is 2. The van der Waals surface area contributed by atoms with Crippen LogP contribution in [0.5, 0.6) is 0 Å². The van der Waals surface area contributed by atoms with Crippen LogP contribution in [0.15, 0.2) is 0 Å². The SMILES string of the molecule is CCCn1nc(N(C)C)c(C(=O)OC)c1N. The van der Waals surface area contributed by atoms with Crippen LogP contribution in [-0.2, 0) is 11.3 Å². The average Bonchev–Trinajstić information content (AvgIpc) is 2.56. The first kappa shape index (κ1) is 12.4. The second-order valence-electron chi connectivity index (χ2n) is 3.69. The lowest BCUT2D eigenvalue weighted by atomic mass is 10.3. The van der Waals surface area contributed by atoms with Crippen LogP contribution < -0.4 is 10.6 Å². The van der Waals surface area contributed by atoms with Crippen molar-refractivity contribution >= 4 is 17.6 Å². The number of anilines is 2. The van der Waals surface area contributed by atoms with E-state index in [2.05, 4.69) is 5.10 Å². The molecule has 1 aromatic rings. The summed E-state index contributed by atoms with van der Waals surface area (Å²) in [6, 6.07) is 0. The van der Waals surface area contributed by atoms with Crippen molar-refractivity contribution in [2.24, 2.45) is 0 Å². The zero-order chi connectivity index (χ0) is 12.3. The Morgan fingerprint density at radius 3 is 2.62 bits per heavy atom. The number of aryl methyl sites for hydroxylation is 1. The molecule has 0 saturated heterocycles. The van der Waals surface area contributed by atoms with Crippen LogP contribution in [0.2, 0.25) is 0 Å². The van der Waals surface area contributed by atoms with Crippen LogP contribution in [0.1, 0.15) is 23.7 Å². The highest BCUT2D eigenvalue weighted by atomic mass is 16.5. The van der Waals surface area contributed by atoms with Gasteiger partial charge in [-0.15, -0.1) is 0 Å². The summed E-state index contributed by atoms with van der Waals surface area (Å²) < 4.78 is 6.33. The molecule has 90 valence electrons. The van der Waals surface area contributed by atoms with E-state index < -0.39 is 5.97 Å². The predicted molar refractivity (Wildman–Crippen MR) is 62.6 cm³/mol. The van der Waals surface area contributed by atoms with E-state index in [9.17, 15) is 4.79 Å². The topological polar surface area (TPSA) is 73.4 Å². The van der Waals surface area contributed by atoms with Crippen LogP contribution in [0, 0.1) is 0 Å². The molecule has 1 rings (SSSR count). The number of nitrogens with two attached hydrogens (primary N) is 1. The molecule has 2 N–H and O–H groups in total. The van der Waals surface area contributed by atoms with E-state index in [0.29, 0.717) is 23.7 Å². The maximum atomic E-state index is 11.6. The van der Waals surface area contributed by atoms with Gasteiger partial charge in [0, 0.05) is 20.6 Å². The lowest BCUT2D eigenvalue weighted by Crippen LogP contribution is -2.14. The summed E-state index contributed by atoms with van der Waals surface area (Å²) in [5.41, 5.74) is 6.21. The molecule has 0 fully saturated rings. The van der Waals surface area contributed by atoms with Gasteiger partial charge in [0.1, 0.15) is 11.4 Å². The number of nitrogen functional groups attached to an aromatic ring is 1. The quantitative estimate of drug-likeness (QED) is 0.766. The number of hydrogen-bond donors (Lipinski definition) is 1. The van der Waals surface area contributed by atoms with Crippen molar-refractivity contribution in [3.63, 3.8) is 0 Å². The first-order valence-corrected chi connectivity index (χ1v) is 5.14. The zero-order valence-electron chi connectivity index (χ0n) is 10.1. The molecular weight excluding hydrogens is 208 g/mol. The van der Waals surface area contributed by atoms with E-state index >= 15 is 0 Å². The lowest BCUT2D eigenvalue weighted by molar-refractivity contribution is 0.0602. The van der Waals surface area contributed by atoms with Crippen molar-refractivity contribution in [1.29, 1.82) is 0 Å². The normalized spacial score (nSPS) is 10.2. The van der Waals surface area contributed by atoms with Gasteiger partial charge in [-0.3, -0.25) is 0 Å². The summed E-state index contributed by atoms with van der Waals surface area (Å²) in [4.78, 5) is 13.3. The summed E-state index contributed by atoms with van der Waals surface area (Å²) in [5, 5.41) is 4.28. The first-order valence-electron chi connectivity index (χ1n) is 5.14. The third kappa shape index (κ3) is 2.10. The minimum absolute atomic E-state index is 0.334. The molecule has 0 spiro atoms. The van der Waals surface area contributed by atoms with E-state index in [1.165, 1.54) is 7.11 Å². The van der Waals surface area contributed by atoms with E-state index in [0.717, 1.165) is 6.42 Å². The van der Waals surface area contributed by atoms with Gasteiger partial charge >= 0.3 is 5.97 Å². The number of hydrogen-bond acceptors (Lipinski definition) is 5. The van der Waals surface area contributed by atoms with Gasteiger partial charge in [-0.1, -0.05) is 6.92 Å². The molecule has 6 heteroatoms. The van der Waals surface area contributed by atoms with Crippen molar-refractivity contribution in [3.05, 3.63) is 5.56 Å². The number of methoxy groups -OCH3 is 1. The molecule has 0 amide bonds. The molecule has 0 saturated carbocycles. The highest BCUT2D eigenvalue weighted by Gasteiger charge is 2.23. The molecule has 0 aliphatic carbocycles. The minimum atomic E-state index is -0.455. The van der Waals surface area contributed by atoms with Crippen LogP contribution in [0.3, 0.4) is 0 Å². The minimum Gasteiger partial charge on any atom is -0.465 e. The Balaban J connectivity index is 3.26. The maximum Gasteiger partial charge on any atom is 0.345 e. The molecule has 16 heavy (non-hydrogen) atoms. The third-order valence-electron chi connectivity index (χ3n) is 2.22. The monoisotopic (exact) mass is 226 g/mol. The second kappa shape index (κ2) is 4.87. The Hall–Kier alpha value is -1.72. The van der Waals surface area contributed by atoms with Gasteiger partial charge in [-0.2, -0.15) is 5.10 Å². The van der Waals surface area contributed by atoms with Crippen molar-refractivity contribution in [2.75, 3.05) is 31.8 Å². The molecule has 0 aliphatic rings. The number of carbonyl (C=O) groups is 1. The molecule has 0 aliphatic heterocycles. The third-order valence-corrected chi connectivity index (χ3v) is 2.22. The van der Waals surface area contributed by atoms with Crippen molar-refractivity contribution in [3.8, 4) is 0 Å². The van der Waals surface area contributed by atoms with E-state index in [1.807, 2.05) is 21.0 Å². The number of esters is 1. The van der Waals surface area contributed by atoms with Gasteiger partial charge in [0.15, 0.2) is 5.82 Å². The van der Waals surface area contributed by atoms with Crippen molar-refractivity contribution in [1.82, 2.24) is 9.78 Å². The van der Waals surface area contributed by atoms with Gasteiger partial charge in [0.25, 0.3) is 0 Å². The number of ether oxygens (including phenoxy) is 1. The molecular formula is C10H18N4O2. The van der Waals surface area contributed by atoms with Gasteiger partial charge in [-0.05, 0) is 6.42 Å². The van der Waals surface area contributed by atoms with Crippen LogP contribution in [0.4, 0.5) is 11.6 Å². The largest absolute Gasteiger partial charge is 0.465 e. The van der Waals surface area contributed by atoms with Crippen LogP contribution in [-0.4, -0.2) is 37.0 Å². The molecule has 1 aromatic heterocycles. The van der Waals surface area contributed by atoms with Gasteiger partial charge in [0.05, 0.1) is 7.11 Å². The molecule has 6 nitrogen and oxygen atoms in total.